The Kier molecular flexibility index (Phi) is 5.96. The zero-order valence-corrected chi connectivity index (χ0v) is 13.0. The highest BCUT2D eigenvalue weighted by molar-refractivity contribution is 5.96. The van der Waals surface area contributed by atoms with Gasteiger partial charge in [0.25, 0.3) is 5.91 Å². The van der Waals surface area contributed by atoms with Crippen LogP contribution < -0.4 is 5.32 Å². The first-order valence-electron chi connectivity index (χ1n) is 6.92. The van der Waals surface area contributed by atoms with Crippen LogP contribution in [0.5, 0.6) is 0 Å². The molecular weight excluding hydrogens is 250 g/mol. The number of rotatable bonds is 6. The van der Waals surface area contributed by atoms with E-state index < -0.39 is 0 Å². The van der Waals surface area contributed by atoms with Gasteiger partial charge >= 0.3 is 0 Å². The van der Waals surface area contributed by atoms with Crippen molar-refractivity contribution in [3.8, 4) is 0 Å². The largest absolute Gasteiger partial charge is 0.375 e. The summed E-state index contributed by atoms with van der Waals surface area (Å²) in [7, 11) is 0. The third kappa shape index (κ3) is 5.17. The first-order chi connectivity index (χ1) is 9.32. The number of carbonyl (C=O) groups excluding carboxylic acids is 1. The van der Waals surface area contributed by atoms with Crippen molar-refractivity contribution >= 4 is 5.91 Å². The fourth-order valence-corrected chi connectivity index (χ4v) is 1.91. The molecular formula is C17H25NO2. The number of hydrogen-bond donors (Lipinski definition) is 1. The van der Waals surface area contributed by atoms with Gasteiger partial charge in [-0.25, -0.2) is 0 Å². The van der Waals surface area contributed by atoms with Gasteiger partial charge in [0.2, 0.25) is 0 Å². The van der Waals surface area contributed by atoms with Crippen LogP contribution in [-0.2, 0) is 10.2 Å². The third-order valence-electron chi connectivity index (χ3n) is 2.86. The molecule has 0 fully saturated rings. The monoisotopic (exact) mass is 275 g/mol. The average Bonchev–Trinajstić information content (AvgIpc) is 2.36. The van der Waals surface area contributed by atoms with E-state index in [9.17, 15) is 4.79 Å². The molecule has 1 amide bonds. The van der Waals surface area contributed by atoms with E-state index in [1.165, 1.54) is 0 Å². The van der Waals surface area contributed by atoms with Crippen LogP contribution in [0.4, 0.5) is 0 Å². The lowest BCUT2D eigenvalue weighted by Gasteiger charge is -2.22. The summed E-state index contributed by atoms with van der Waals surface area (Å²) in [6.07, 6.45) is 0. The second-order valence-electron chi connectivity index (χ2n) is 6.06. The Bertz CT molecular complexity index is 472. The van der Waals surface area contributed by atoms with Gasteiger partial charge in [-0.2, -0.15) is 0 Å². The van der Waals surface area contributed by atoms with Crippen molar-refractivity contribution in [2.75, 3.05) is 19.8 Å². The first-order valence-corrected chi connectivity index (χ1v) is 6.92. The Labute approximate surface area is 122 Å². The maximum Gasteiger partial charge on any atom is 0.251 e. The predicted octanol–water partition coefficient (Wildman–Crippen LogP) is 3.31. The van der Waals surface area contributed by atoms with Gasteiger partial charge in [-0.05, 0) is 24.0 Å². The standard InChI is InChI=1S/C17H25NO2/c1-13(2)12-20-11-10-18-16(19)14-8-6-7-9-15(14)17(3,4)5/h6-9H,1,10-12H2,2-5H3,(H,18,19). The molecule has 0 atom stereocenters. The van der Waals surface area contributed by atoms with E-state index in [2.05, 4.69) is 32.7 Å². The van der Waals surface area contributed by atoms with Gasteiger partial charge in [0.1, 0.15) is 0 Å². The van der Waals surface area contributed by atoms with Crippen LogP contribution in [0.25, 0.3) is 0 Å². The fourth-order valence-electron chi connectivity index (χ4n) is 1.91. The number of amides is 1. The summed E-state index contributed by atoms with van der Waals surface area (Å²) in [6.45, 7) is 13.5. The van der Waals surface area contributed by atoms with Gasteiger partial charge in [0.05, 0.1) is 13.2 Å². The molecule has 1 rings (SSSR count). The highest BCUT2D eigenvalue weighted by Crippen LogP contribution is 2.25. The summed E-state index contributed by atoms with van der Waals surface area (Å²) in [5.41, 5.74) is 2.72. The van der Waals surface area contributed by atoms with E-state index in [1.807, 2.05) is 31.2 Å². The van der Waals surface area contributed by atoms with E-state index in [4.69, 9.17) is 4.74 Å². The molecule has 0 aliphatic heterocycles. The lowest BCUT2D eigenvalue weighted by atomic mass is 9.83. The lowest BCUT2D eigenvalue weighted by Crippen LogP contribution is -2.30. The minimum absolute atomic E-state index is 0.0468. The van der Waals surface area contributed by atoms with E-state index in [0.29, 0.717) is 19.8 Å². The van der Waals surface area contributed by atoms with Gasteiger partial charge in [0, 0.05) is 12.1 Å². The van der Waals surface area contributed by atoms with Crippen molar-refractivity contribution in [1.29, 1.82) is 0 Å². The zero-order valence-electron chi connectivity index (χ0n) is 13.0. The normalized spacial score (nSPS) is 11.2. The molecule has 110 valence electrons. The summed E-state index contributed by atoms with van der Waals surface area (Å²) >= 11 is 0. The summed E-state index contributed by atoms with van der Waals surface area (Å²) in [5.74, 6) is -0.0468. The summed E-state index contributed by atoms with van der Waals surface area (Å²) in [5, 5.41) is 2.89. The summed E-state index contributed by atoms with van der Waals surface area (Å²) in [6, 6.07) is 7.73. The molecule has 0 radical (unpaired) electrons. The molecule has 0 aliphatic carbocycles. The van der Waals surface area contributed by atoms with E-state index in [1.54, 1.807) is 0 Å². The van der Waals surface area contributed by atoms with Gasteiger partial charge < -0.3 is 10.1 Å². The molecule has 20 heavy (non-hydrogen) atoms. The minimum Gasteiger partial charge on any atom is -0.375 e. The van der Waals surface area contributed by atoms with Crippen molar-refractivity contribution < 1.29 is 9.53 Å². The van der Waals surface area contributed by atoms with Crippen LogP contribution in [0.2, 0.25) is 0 Å². The maximum atomic E-state index is 12.2. The molecule has 0 aromatic heterocycles. The molecule has 0 spiro atoms. The van der Waals surface area contributed by atoms with Crippen LogP contribution in [0, 0.1) is 0 Å². The number of nitrogens with one attached hydrogen (secondary N) is 1. The number of hydrogen-bond acceptors (Lipinski definition) is 2. The molecule has 1 aromatic rings. The van der Waals surface area contributed by atoms with Gasteiger partial charge in [-0.15, -0.1) is 0 Å². The molecule has 0 heterocycles. The van der Waals surface area contributed by atoms with Crippen molar-refractivity contribution in [2.24, 2.45) is 0 Å². The van der Waals surface area contributed by atoms with Crippen LogP contribution in [0.3, 0.4) is 0 Å². The first kappa shape index (κ1) is 16.4. The van der Waals surface area contributed by atoms with Crippen molar-refractivity contribution in [3.05, 3.63) is 47.5 Å². The van der Waals surface area contributed by atoms with Crippen molar-refractivity contribution in [1.82, 2.24) is 5.32 Å². The van der Waals surface area contributed by atoms with Gasteiger partial charge in [0.15, 0.2) is 0 Å². The van der Waals surface area contributed by atoms with E-state index in [-0.39, 0.29) is 11.3 Å². The summed E-state index contributed by atoms with van der Waals surface area (Å²) in [4.78, 5) is 12.2. The Hall–Kier alpha value is -1.61. The van der Waals surface area contributed by atoms with Crippen LogP contribution >= 0.6 is 0 Å². The molecule has 0 saturated carbocycles. The topological polar surface area (TPSA) is 38.3 Å². The molecule has 0 unspecified atom stereocenters. The highest BCUT2D eigenvalue weighted by Gasteiger charge is 2.20. The lowest BCUT2D eigenvalue weighted by molar-refractivity contribution is 0.0924. The minimum atomic E-state index is -0.0512. The van der Waals surface area contributed by atoms with Crippen molar-refractivity contribution in [3.63, 3.8) is 0 Å². The quantitative estimate of drug-likeness (QED) is 0.639. The Morgan fingerprint density at radius 2 is 1.95 bits per heavy atom. The van der Waals surface area contributed by atoms with Gasteiger partial charge in [-0.3, -0.25) is 4.79 Å². The molecule has 3 heteroatoms. The number of carbonyl (C=O) groups is 1. The Balaban J connectivity index is 2.58. The average molecular weight is 275 g/mol. The second kappa shape index (κ2) is 7.25. The summed E-state index contributed by atoms with van der Waals surface area (Å²) < 4.78 is 5.36. The molecule has 3 nitrogen and oxygen atoms in total. The van der Waals surface area contributed by atoms with Crippen LogP contribution in [0.15, 0.2) is 36.4 Å². The predicted molar refractivity (Wildman–Crippen MR) is 83.1 cm³/mol. The molecule has 1 N–H and O–H groups in total. The third-order valence-corrected chi connectivity index (χ3v) is 2.86. The highest BCUT2D eigenvalue weighted by atomic mass is 16.5. The SMILES string of the molecule is C=C(C)COCCNC(=O)c1ccccc1C(C)(C)C. The molecule has 0 bridgehead atoms. The van der Waals surface area contributed by atoms with Crippen LogP contribution in [-0.4, -0.2) is 25.7 Å². The Morgan fingerprint density at radius 3 is 2.55 bits per heavy atom. The smallest absolute Gasteiger partial charge is 0.251 e. The molecule has 0 saturated heterocycles. The van der Waals surface area contributed by atoms with Crippen LogP contribution in [0.1, 0.15) is 43.6 Å². The maximum absolute atomic E-state index is 12.2. The van der Waals surface area contributed by atoms with E-state index >= 15 is 0 Å². The van der Waals surface area contributed by atoms with Crippen molar-refractivity contribution in [2.45, 2.75) is 33.1 Å². The van der Waals surface area contributed by atoms with E-state index in [0.717, 1.165) is 16.7 Å². The number of benzene rings is 1. The molecule has 1 aromatic carbocycles. The fraction of sp³-hybridized carbons (Fsp3) is 0.471. The molecule has 0 aliphatic rings. The van der Waals surface area contributed by atoms with Gasteiger partial charge in [-0.1, -0.05) is 51.1 Å². The Morgan fingerprint density at radius 1 is 1.30 bits per heavy atom. The zero-order chi connectivity index (χ0) is 15.2. The second-order valence-corrected chi connectivity index (χ2v) is 6.06. The number of ether oxygens (including phenoxy) is 1.